The highest BCUT2D eigenvalue weighted by atomic mass is 16.5. The molecule has 132 valence electrons. The first-order valence-electron chi connectivity index (χ1n) is 8.14. The Morgan fingerprint density at radius 3 is 2.48 bits per heavy atom. The van der Waals surface area contributed by atoms with E-state index in [0.29, 0.717) is 11.8 Å². The van der Waals surface area contributed by atoms with Crippen LogP contribution < -0.4 is 10.2 Å². The van der Waals surface area contributed by atoms with Crippen LogP contribution in [-0.4, -0.2) is 35.2 Å². The number of hydrogen-bond acceptors (Lipinski definition) is 5. The summed E-state index contributed by atoms with van der Waals surface area (Å²) in [4.78, 5) is 37.9. The monoisotopic (exact) mass is 342 g/mol. The van der Waals surface area contributed by atoms with E-state index in [1.165, 1.54) is 13.3 Å². The van der Waals surface area contributed by atoms with Gasteiger partial charge in [0.05, 0.1) is 0 Å². The Bertz CT molecular complexity index is 770. The van der Waals surface area contributed by atoms with E-state index in [4.69, 9.17) is 0 Å². The highest BCUT2D eigenvalue weighted by Gasteiger charge is 2.24. The Balaban J connectivity index is 0.000000181. The molecule has 1 aliphatic rings. The van der Waals surface area contributed by atoms with Crippen LogP contribution >= 0.6 is 0 Å². The van der Waals surface area contributed by atoms with E-state index in [0.717, 1.165) is 18.5 Å². The van der Waals surface area contributed by atoms with Crippen LogP contribution in [0.3, 0.4) is 0 Å². The first kappa shape index (κ1) is 18.6. The minimum atomic E-state index is -0.832. The van der Waals surface area contributed by atoms with Crippen molar-refractivity contribution in [3.8, 4) is 5.75 Å². The Kier molecular flexibility index (Phi) is 6.65. The van der Waals surface area contributed by atoms with Crippen LogP contribution in [0.4, 0.5) is 0 Å². The van der Waals surface area contributed by atoms with Crippen LogP contribution in [0.25, 0.3) is 0 Å². The van der Waals surface area contributed by atoms with Gasteiger partial charge in [-0.1, -0.05) is 18.2 Å². The zero-order valence-corrected chi connectivity index (χ0v) is 14.4. The zero-order valence-electron chi connectivity index (χ0n) is 14.4. The number of likely N-dealkylation sites (tertiary alicyclic amines) is 1. The number of carbonyl (C=O) groups is 2. The van der Waals surface area contributed by atoms with Gasteiger partial charge in [-0.25, -0.2) is 4.79 Å². The minimum absolute atomic E-state index is 0.150. The molecule has 0 radical (unpaired) electrons. The minimum Gasteiger partial charge on any atom is -0.421 e. The lowest BCUT2D eigenvalue weighted by Gasteiger charge is -2.18. The molecule has 1 saturated heterocycles. The molecule has 1 fully saturated rings. The highest BCUT2D eigenvalue weighted by Crippen LogP contribution is 2.27. The van der Waals surface area contributed by atoms with Crippen LogP contribution in [-0.2, 0) is 9.59 Å². The Morgan fingerprint density at radius 1 is 1.20 bits per heavy atom. The smallest absolute Gasteiger partial charge is 0.379 e. The summed E-state index contributed by atoms with van der Waals surface area (Å²) in [6, 6.07) is 10.4. The van der Waals surface area contributed by atoms with Gasteiger partial charge in [-0.3, -0.25) is 14.5 Å². The quantitative estimate of drug-likeness (QED) is 0.526. The average Bonchev–Trinajstić information content (AvgIpc) is 3.02. The van der Waals surface area contributed by atoms with Gasteiger partial charge in [0.2, 0.25) is 5.78 Å². The predicted octanol–water partition coefficient (Wildman–Crippen LogP) is 2.32. The van der Waals surface area contributed by atoms with Crippen molar-refractivity contribution in [1.82, 2.24) is 9.88 Å². The van der Waals surface area contributed by atoms with Gasteiger partial charge < -0.3 is 9.72 Å². The van der Waals surface area contributed by atoms with Crippen LogP contribution in [0.1, 0.15) is 31.4 Å². The maximum Gasteiger partial charge on any atom is 0.379 e. The maximum atomic E-state index is 11.5. The van der Waals surface area contributed by atoms with Crippen LogP contribution in [0.15, 0.2) is 53.6 Å². The number of rotatable bonds is 3. The third-order valence-electron chi connectivity index (χ3n) is 3.97. The first-order valence-corrected chi connectivity index (χ1v) is 8.14. The van der Waals surface area contributed by atoms with Crippen molar-refractivity contribution in [2.24, 2.45) is 0 Å². The summed E-state index contributed by atoms with van der Waals surface area (Å²) in [6.45, 7) is 2.27. The van der Waals surface area contributed by atoms with Crippen molar-refractivity contribution in [2.45, 2.75) is 25.8 Å². The third-order valence-corrected chi connectivity index (χ3v) is 3.97. The Morgan fingerprint density at radius 2 is 1.92 bits per heavy atom. The molecule has 6 heteroatoms. The second kappa shape index (κ2) is 8.94. The summed E-state index contributed by atoms with van der Waals surface area (Å²) in [5.41, 5.74) is 1.06. The van der Waals surface area contributed by atoms with E-state index in [1.807, 2.05) is 6.20 Å². The number of ketones is 1. The number of para-hydroxylation sites is 1. The molecule has 6 nitrogen and oxygen atoms in total. The molecule has 0 saturated carbocycles. The van der Waals surface area contributed by atoms with Crippen molar-refractivity contribution in [3.05, 3.63) is 64.6 Å². The van der Waals surface area contributed by atoms with Crippen molar-refractivity contribution >= 4 is 11.8 Å². The molecule has 1 unspecified atom stereocenters. The number of aromatic nitrogens is 1. The number of hydrogen-bond donors (Lipinski definition) is 1. The summed E-state index contributed by atoms with van der Waals surface area (Å²) < 4.78 is 4.69. The normalized spacial score (nSPS) is 16.6. The summed E-state index contributed by atoms with van der Waals surface area (Å²) in [6.07, 6.45) is 5.80. The number of ether oxygens (including phenoxy) is 1. The van der Waals surface area contributed by atoms with E-state index < -0.39 is 11.8 Å². The number of Topliss-reactive ketones (excluding diaryl/α,β-unsaturated/α-hetero) is 1. The maximum absolute atomic E-state index is 11.5. The fourth-order valence-electron chi connectivity index (χ4n) is 2.66. The lowest BCUT2D eigenvalue weighted by atomic mass is 10.1. The number of pyridine rings is 1. The molecule has 0 bridgehead atoms. The van der Waals surface area contributed by atoms with Crippen molar-refractivity contribution in [3.63, 3.8) is 0 Å². The van der Waals surface area contributed by atoms with Gasteiger partial charge in [-0.2, -0.15) is 0 Å². The fraction of sp³-hybridized carbons (Fsp3) is 0.316. The first-order chi connectivity index (χ1) is 12.0. The topological polar surface area (TPSA) is 79.5 Å². The van der Waals surface area contributed by atoms with E-state index in [1.54, 1.807) is 42.6 Å². The largest absolute Gasteiger partial charge is 0.421 e. The molecular formula is C19H22N2O4. The lowest BCUT2D eigenvalue weighted by Crippen LogP contribution is -2.22. The van der Waals surface area contributed by atoms with E-state index in [2.05, 4.69) is 21.7 Å². The van der Waals surface area contributed by atoms with Gasteiger partial charge in [0.1, 0.15) is 5.75 Å². The summed E-state index contributed by atoms with van der Waals surface area (Å²) in [7, 11) is 2.07. The summed E-state index contributed by atoms with van der Waals surface area (Å²) >= 11 is 0. The fourth-order valence-corrected chi connectivity index (χ4v) is 2.66. The molecule has 0 amide bonds. The van der Waals surface area contributed by atoms with Crippen molar-refractivity contribution in [1.29, 1.82) is 0 Å². The van der Waals surface area contributed by atoms with Gasteiger partial charge in [0, 0.05) is 37.0 Å². The zero-order chi connectivity index (χ0) is 18.2. The van der Waals surface area contributed by atoms with Gasteiger partial charge in [0.25, 0.3) is 0 Å². The molecule has 1 atom stereocenters. The van der Waals surface area contributed by atoms with Gasteiger partial charge >= 0.3 is 5.97 Å². The molecule has 2 aromatic rings. The van der Waals surface area contributed by atoms with Crippen molar-refractivity contribution < 1.29 is 14.3 Å². The molecule has 0 spiro atoms. The number of H-pyrrole nitrogens is 1. The molecule has 1 N–H and O–H groups in total. The van der Waals surface area contributed by atoms with Crippen LogP contribution in [0.2, 0.25) is 0 Å². The number of benzene rings is 1. The van der Waals surface area contributed by atoms with Crippen molar-refractivity contribution in [2.75, 3.05) is 13.6 Å². The second-order valence-electron chi connectivity index (χ2n) is 5.86. The molecule has 1 aliphatic heterocycles. The molecule has 1 aromatic carbocycles. The molecule has 0 aliphatic carbocycles. The van der Waals surface area contributed by atoms with E-state index in [9.17, 15) is 14.4 Å². The highest BCUT2D eigenvalue weighted by molar-refractivity contribution is 6.33. The van der Waals surface area contributed by atoms with Gasteiger partial charge in [0.15, 0.2) is 5.43 Å². The molecule has 1 aromatic heterocycles. The van der Waals surface area contributed by atoms with Crippen LogP contribution in [0.5, 0.6) is 5.75 Å². The SMILES string of the molecule is CC(=O)C(=O)Oc1ccccc1.CN1CCCC1c1c[nH]ccc1=O. The molecule has 3 rings (SSSR count). The Hall–Kier alpha value is -2.73. The average molecular weight is 342 g/mol. The second-order valence-corrected chi connectivity index (χ2v) is 5.86. The molecule has 2 heterocycles. The lowest BCUT2D eigenvalue weighted by molar-refractivity contribution is -0.146. The number of nitrogens with zero attached hydrogens (tertiary/aromatic N) is 1. The molecular weight excluding hydrogens is 320 g/mol. The molecule has 25 heavy (non-hydrogen) atoms. The number of aromatic amines is 1. The van der Waals surface area contributed by atoms with Gasteiger partial charge in [-0.15, -0.1) is 0 Å². The number of carbonyl (C=O) groups excluding carboxylic acids is 2. The third kappa shape index (κ3) is 5.39. The number of nitrogens with one attached hydrogen (secondary N) is 1. The summed E-state index contributed by atoms with van der Waals surface area (Å²) in [5, 5.41) is 0. The Labute approximate surface area is 146 Å². The van der Waals surface area contributed by atoms with Crippen LogP contribution in [0, 0.1) is 0 Å². The van der Waals surface area contributed by atoms with E-state index in [-0.39, 0.29) is 5.43 Å². The van der Waals surface area contributed by atoms with E-state index >= 15 is 0 Å². The predicted molar refractivity (Wildman–Crippen MR) is 94.4 cm³/mol. The summed E-state index contributed by atoms with van der Waals surface area (Å²) in [5.74, 6) is -1.04. The number of esters is 1. The standard InChI is InChI=1S/C10H14N2O.C9H8O3/c1-12-6-2-3-9(12)8-7-11-5-4-10(8)13;1-7(10)9(11)12-8-5-3-2-4-6-8/h4-5,7,9H,2-3,6H2,1H3,(H,11,13);2-6H,1H3. The van der Waals surface area contributed by atoms with Gasteiger partial charge in [-0.05, 0) is 38.6 Å².